The summed E-state index contributed by atoms with van der Waals surface area (Å²) in [5.74, 6) is 1.65. The number of nitrogens with zero attached hydrogens (tertiary/aromatic N) is 1. The van der Waals surface area contributed by atoms with E-state index in [1.165, 1.54) is 0 Å². The van der Waals surface area contributed by atoms with Crippen LogP contribution in [0.4, 0.5) is 0 Å². The van der Waals surface area contributed by atoms with Crippen molar-refractivity contribution < 1.29 is 8.42 Å². The molecule has 0 spiro atoms. The summed E-state index contributed by atoms with van der Waals surface area (Å²) in [5.41, 5.74) is 6.03. The summed E-state index contributed by atoms with van der Waals surface area (Å²) in [4.78, 5) is 0. The maximum Gasteiger partial charge on any atom is 0.214 e. The molecule has 1 saturated heterocycles. The fraction of sp³-hybridized carbons (Fsp3) is 1.00. The SMILES string of the molecule is CC(C)CCS(=O)(=O)N1CC2CCC(N)C2C1.Cl. The van der Waals surface area contributed by atoms with Crippen LogP contribution in [0, 0.1) is 17.8 Å². The molecule has 108 valence electrons. The number of fused-ring (bicyclic) bond motifs is 1. The first-order chi connectivity index (χ1) is 7.90. The van der Waals surface area contributed by atoms with E-state index in [2.05, 4.69) is 13.8 Å². The van der Waals surface area contributed by atoms with Gasteiger partial charge in [0.1, 0.15) is 0 Å². The van der Waals surface area contributed by atoms with E-state index in [1.54, 1.807) is 4.31 Å². The minimum absolute atomic E-state index is 0. The second-order valence-electron chi connectivity index (χ2n) is 5.98. The number of sulfonamides is 1. The molecule has 3 atom stereocenters. The van der Waals surface area contributed by atoms with E-state index in [1.807, 2.05) is 0 Å². The lowest BCUT2D eigenvalue weighted by molar-refractivity contribution is 0.424. The third-order valence-corrected chi connectivity index (χ3v) is 6.06. The lowest BCUT2D eigenvalue weighted by Crippen LogP contribution is -2.35. The topological polar surface area (TPSA) is 63.4 Å². The summed E-state index contributed by atoms with van der Waals surface area (Å²) in [7, 11) is -3.04. The molecule has 1 heterocycles. The average molecular weight is 297 g/mol. The maximum absolute atomic E-state index is 12.2. The van der Waals surface area contributed by atoms with Crippen molar-refractivity contribution >= 4 is 22.4 Å². The lowest BCUT2D eigenvalue weighted by Gasteiger charge is -2.19. The molecule has 0 aromatic carbocycles. The highest BCUT2D eigenvalue weighted by molar-refractivity contribution is 7.89. The highest BCUT2D eigenvalue weighted by atomic mass is 35.5. The Bertz CT molecular complexity index is 372. The predicted octanol–water partition coefficient (Wildman–Crippen LogP) is 1.45. The van der Waals surface area contributed by atoms with Gasteiger partial charge in [0.2, 0.25) is 10.0 Å². The van der Waals surface area contributed by atoms with Crippen molar-refractivity contribution in [2.75, 3.05) is 18.8 Å². The summed E-state index contributed by atoms with van der Waals surface area (Å²) in [6.07, 6.45) is 2.91. The molecule has 0 radical (unpaired) electrons. The number of hydrogen-bond donors (Lipinski definition) is 1. The number of rotatable bonds is 4. The van der Waals surface area contributed by atoms with Gasteiger partial charge in [0, 0.05) is 19.1 Å². The first-order valence-corrected chi connectivity index (χ1v) is 8.24. The van der Waals surface area contributed by atoms with Crippen LogP contribution in [0.15, 0.2) is 0 Å². The van der Waals surface area contributed by atoms with Crippen LogP contribution in [0.3, 0.4) is 0 Å². The molecule has 0 aromatic heterocycles. The Morgan fingerprint density at radius 3 is 2.50 bits per heavy atom. The quantitative estimate of drug-likeness (QED) is 0.854. The van der Waals surface area contributed by atoms with Crippen molar-refractivity contribution in [1.29, 1.82) is 0 Å². The minimum atomic E-state index is -3.04. The molecule has 0 amide bonds. The highest BCUT2D eigenvalue weighted by Gasteiger charge is 2.44. The molecule has 2 N–H and O–H groups in total. The van der Waals surface area contributed by atoms with Crippen LogP contribution in [0.25, 0.3) is 0 Å². The Balaban J connectivity index is 0.00000162. The fourth-order valence-corrected chi connectivity index (χ4v) is 4.85. The smallest absolute Gasteiger partial charge is 0.214 e. The van der Waals surface area contributed by atoms with Gasteiger partial charge >= 0.3 is 0 Å². The zero-order chi connectivity index (χ0) is 12.6. The average Bonchev–Trinajstić information content (AvgIpc) is 2.79. The van der Waals surface area contributed by atoms with Gasteiger partial charge in [-0.05, 0) is 37.0 Å². The van der Waals surface area contributed by atoms with Crippen molar-refractivity contribution in [2.24, 2.45) is 23.5 Å². The van der Waals surface area contributed by atoms with E-state index in [9.17, 15) is 8.42 Å². The molecular weight excluding hydrogens is 272 g/mol. The lowest BCUT2D eigenvalue weighted by atomic mass is 9.98. The van der Waals surface area contributed by atoms with Crippen molar-refractivity contribution in [2.45, 2.75) is 39.2 Å². The summed E-state index contributed by atoms with van der Waals surface area (Å²) < 4.78 is 26.0. The minimum Gasteiger partial charge on any atom is -0.327 e. The van der Waals surface area contributed by atoms with Crippen LogP contribution in [0.1, 0.15) is 33.1 Å². The van der Waals surface area contributed by atoms with Gasteiger partial charge in [0.25, 0.3) is 0 Å². The molecule has 18 heavy (non-hydrogen) atoms. The first kappa shape index (κ1) is 16.2. The van der Waals surface area contributed by atoms with E-state index >= 15 is 0 Å². The summed E-state index contributed by atoms with van der Waals surface area (Å²) in [6.45, 7) is 5.49. The Labute approximate surface area is 117 Å². The summed E-state index contributed by atoms with van der Waals surface area (Å²) in [6, 6.07) is 0.213. The van der Waals surface area contributed by atoms with Crippen LogP contribution >= 0.6 is 12.4 Å². The summed E-state index contributed by atoms with van der Waals surface area (Å²) >= 11 is 0. The van der Waals surface area contributed by atoms with Gasteiger partial charge in [-0.1, -0.05) is 13.8 Å². The third kappa shape index (κ3) is 3.38. The monoisotopic (exact) mass is 296 g/mol. The Morgan fingerprint density at radius 1 is 1.28 bits per heavy atom. The number of nitrogens with two attached hydrogens (primary N) is 1. The molecule has 2 aliphatic rings. The normalized spacial score (nSPS) is 32.6. The molecule has 6 heteroatoms. The van der Waals surface area contributed by atoms with Gasteiger partial charge in [-0.3, -0.25) is 0 Å². The van der Waals surface area contributed by atoms with E-state index < -0.39 is 10.0 Å². The number of halogens is 1. The van der Waals surface area contributed by atoms with Crippen molar-refractivity contribution in [3.63, 3.8) is 0 Å². The molecule has 0 bridgehead atoms. The van der Waals surface area contributed by atoms with Crippen LogP contribution in [0.5, 0.6) is 0 Å². The molecule has 1 aliphatic heterocycles. The summed E-state index contributed by atoms with van der Waals surface area (Å²) in [5, 5.41) is 0. The zero-order valence-electron chi connectivity index (χ0n) is 11.2. The van der Waals surface area contributed by atoms with E-state index in [0.29, 0.717) is 36.6 Å². The van der Waals surface area contributed by atoms with Gasteiger partial charge in [-0.2, -0.15) is 0 Å². The fourth-order valence-electron chi connectivity index (χ4n) is 3.01. The maximum atomic E-state index is 12.2. The molecule has 2 fully saturated rings. The largest absolute Gasteiger partial charge is 0.327 e. The van der Waals surface area contributed by atoms with Crippen LogP contribution < -0.4 is 5.73 Å². The molecule has 2 rings (SSSR count). The van der Waals surface area contributed by atoms with Crippen molar-refractivity contribution in [3.05, 3.63) is 0 Å². The Kier molecular flexibility index (Phi) is 5.47. The number of hydrogen-bond acceptors (Lipinski definition) is 3. The van der Waals surface area contributed by atoms with E-state index in [-0.39, 0.29) is 18.4 Å². The van der Waals surface area contributed by atoms with Gasteiger partial charge < -0.3 is 5.73 Å². The van der Waals surface area contributed by atoms with Crippen molar-refractivity contribution in [1.82, 2.24) is 4.31 Å². The highest BCUT2D eigenvalue weighted by Crippen LogP contribution is 2.38. The predicted molar refractivity (Wildman–Crippen MR) is 76.3 cm³/mol. The molecule has 4 nitrogen and oxygen atoms in total. The molecule has 0 aromatic rings. The van der Waals surface area contributed by atoms with Gasteiger partial charge in [0.05, 0.1) is 5.75 Å². The first-order valence-electron chi connectivity index (χ1n) is 6.63. The molecule has 1 saturated carbocycles. The van der Waals surface area contributed by atoms with Gasteiger partial charge in [-0.15, -0.1) is 12.4 Å². The second kappa shape index (κ2) is 6.07. The zero-order valence-corrected chi connectivity index (χ0v) is 12.8. The second-order valence-corrected chi connectivity index (χ2v) is 8.07. The van der Waals surface area contributed by atoms with Crippen LogP contribution in [-0.4, -0.2) is 37.6 Å². The molecular formula is C12H25ClN2O2S. The van der Waals surface area contributed by atoms with E-state index in [0.717, 1.165) is 19.3 Å². The van der Waals surface area contributed by atoms with Crippen LogP contribution in [0.2, 0.25) is 0 Å². The third-order valence-electron chi connectivity index (χ3n) is 4.23. The van der Waals surface area contributed by atoms with Gasteiger partial charge in [-0.25, -0.2) is 12.7 Å². The van der Waals surface area contributed by atoms with Crippen LogP contribution in [-0.2, 0) is 10.0 Å². The Hall–Kier alpha value is 0.160. The molecule has 3 unspecified atom stereocenters. The Morgan fingerprint density at radius 2 is 1.94 bits per heavy atom. The standard InChI is InChI=1S/C12H24N2O2S.ClH/c1-9(2)5-6-17(15,16)14-7-10-3-4-12(13)11(10)8-14;/h9-12H,3-8,13H2,1-2H3;1H. The van der Waals surface area contributed by atoms with E-state index in [4.69, 9.17) is 5.73 Å². The van der Waals surface area contributed by atoms with Crippen molar-refractivity contribution in [3.8, 4) is 0 Å². The van der Waals surface area contributed by atoms with Gasteiger partial charge in [0.15, 0.2) is 0 Å². The molecule has 1 aliphatic carbocycles.